The van der Waals surface area contributed by atoms with Crippen molar-refractivity contribution in [1.29, 1.82) is 0 Å². The first kappa shape index (κ1) is 28.8. The Morgan fingerprint density at radius 3 is 2.29 bits per heavy atom. The molecule has 0 bridgehead atoms. The van der Waals surface area contributed by atoms with Crippen molar-refractivity contribution in [2.75, 3.05) is 12.0 Å². The standard InChI is InChI=1S/C32H24FIN2O6/c1-40-28-17-22(16-27(34)29(28)42-19-21-8-5-9-23(33)14-21)15-26-30(37)35-32(39)36(31(26)38)24-10-12-25(13-11-24)41-18-20-6-3-2-4-7-20/h2-17H,18-19H2,1H3,(H,35,37,39)/b26-15+. The summed E-state index contributed by atoms with van der Waals surface area (Å²) in [5, 5.41) is 2.23. The fraction of sp³-hybridized carbons (Fsp3) is 0.0938. The maximum Gasteiger partial charge on any atom is 0.335 e. The van der Waals surface area contributed by atoms with Gasteiger partial charge >= 0.3 is 6.03 Å². The molecule has 1 fully saturated rings. The molecule has 0 aliphatic carbocycles. The molecule has 0 aromatic heterocycles. The predicted molar refractivity (Wildman–Crippen MR) is 163 cm³/mol. The second-order valence-corrected chi connectivity index (χ2v) is 10.3. The molecule has 4 aromatic rings. The number of rotatable bonds is 9. The molecule has 0 radical (unpaired) electrons. The summed E-state index contributed by atoms with van der Waals surface area (Å²) in [4.78, 5) is 39.7. The molecule has 1 aliphatic rings. The summed E-state index contributed by atoms with van der Waals surface area (Å²) in [5.41, 5.74) is 2.16. The zero-order valence-corrected chi connectivity index (χ0v) is 24.5. The third-order valence-corrected chi connectivity index (χ3v) is 7.08. The van der Waals surface area contributed by atoms with Crippen LogP contribution in [0.3, 0.4) is 0 Å². The van der Waals surface area contributed by atoms with Crippen molar-refractivity contribution in [3.05, 3.63) is 123 Å². The first-order valence-electron chi connectivity index (χ1n) is 12.8. The third kappa shape index (κ3) is 6.60. The van der Waals surface area contributed by atoms with Crippen LogP contribution in [0, 0.1) is 9.39 Å². The topological polar surface area (TPSA) is 94.2 Å². The van der Waals surface area contributed by atoms with E-state index in [2.05, 4.69) is 5.32 Å². The number of methoxy groups -OCH3 is 1. The Hall–Kier alpha value is -4.71. The Morgan fingerprint density at radius 2 is 1.57 bits per heavy atom. The largest absolute Gasteiger partial charge is 0.493 e. The highest BCUT2D eigenvalue weighted by atomic mass is 127. The van der Waals surface area contributed by atoms with E-state index in [0.717, 1.165) is 10.5 Å². The van der Waals surface area contributed by atoms with Crippen LogP contribution in [0.1, 0.15) is 16.7 Å². The van der Waals surface area contributed by atoms with Gasteiger partial charge in [0.05, 0.1) is 16.4 Å². The molecule has 4 amide bonds. The van der Waals surface area contributed by atoms with Crippen molar-refractivity contribution in [3.8, 4) is 17.2 Å². The second-order valence-electron chi connectivity index (χ2n) is 9.18. The van der Waals surface area contributed by atoms with Gasteiger partial charge in [-0.2, -0.15) is 0 Å². The lowest BCUT2D eigenvalue weighted by atomic mass is 10.1. The Bertz CT molecular complexity index is 1670. The normalized spacial score (nSPS) is 14.1. The Morgan fingerprint density at radius 1 is 0.857 bits per heavy atom. The minimum Gasteiger partial charge on any atom is -0.493 e. The highest BCUT2D eigenvalue weighted by Crippen LogP contribution is 2.36. The number of imide groups is 2. The Labute approximate surface area is 254 Å². The van der Waals surface area contributed by atoms with E-state index in [0.29, 0.717) is 38.6 Å². The summed E-state index contributed by atoms with van der Waals surface area (Å²) in [6.45, 7) is 0.472. The number of barbiturate groups is 1. The average Bonchev–Trinajstić information content (AvgIpc) is 2.98. The molecule has 1 heterocycles. The fourth-order valence-electron chi connectivity index (χ4n) is 4.24. The maximum atomic E-state index is 13.5. The number of hydrogen-bond donors (Lipinski definition) is 1. The SMILES string of the molecule is COc1cc(/C=C2\C(=O)NC(=O)N(c3ccc(OCc4ccccc4)cc3)C2=O)cc(I)c1OCc1cccc(F)c1. The van der Waals surface area contributed by atoms with Gasteiger partial charge in [-0.25, -0.2) is 14.1 Å². The molecule has 1 aliphatic heterocycles. The second kappa shape index (κ2) is 12.9. The average molecular weight is 678 g/mol. The van der Waals surface area contributed by atoms with Crippen molar-refractivity contribution >= 4 is 52.2 Å². The van der Waals surface area contributed by atoms with Gasteiger partial charge in [-0.15, -0.1) is 0 Å². The molecule has 212 valence electrons. The van der Waals surface area contributed by atoms with E-state index in [-0.39, 0.29) is 23.7 Å². The molecule has 0 atom stereocenters. The van der Waals surface area contributed by atoms with Crippen LogP contribution in [-0.2, 0) is 22.8 Å². The number of benzene rings is 4. The smallest absolute Gasteiger partial charge is 0.335 e. The highest BCUT2D eigenvalue weighted by Gasteiger charge is 2.37. The number of amides is 4. The van der Waals surface area contributed by atoms with Crippen LogP contribution in [0.4, 0.5) is 14.9 Å². The number of nitrogens with one attached hydrogen (secondary N) is 1. The molecule has 42 heavy (non-hydrogen) atoms. The first-order valence-corrected chi connectivity index (χ1v) is 13.8. The predicted octanol–water partition coefficient (Wildman–Crippen LogP) is 6.26. The van der Waals surface area contributed by atoms with E-state index in [4.69, 9.17) is 14.2 Å². The molecule has 0 saturated carbocycles. The van der Waals surface area contributed by atoms with Crippen molar-refractivity contribution < 1.29 is 33.0 Å². The van der Waals surface area contributed by atoms with Gasteiger partial charge in [-0.05, 0) is 93.9 Å². The van der Waals surface area contributed by atoms with E-state index in [1.807, 2.05) is 52.9 Å². The molecule has 5 rings (SSSR count). The van der Waals surface area contributed by atoms with Gasteiger partial charge in [0, 0.05) is 0 Å². The molecule has 10 heteroatoms. The zero-order valence-electron chi connectivity index (χ0n) is 22.3. The third-order valence-electron chi connectivity index (χ3n) is 6.28. The lowest BCUT2D eigenvalue weighted by Gasteiger charge is -2.26. The van der Waals surface area contributed by atoms with Crippen LogP contribution in [0.5, 0.6) is 17.2 Å². The molecule has 1 saturated heterocycles. The van der Waals surface area contributed by atoms with Crippen LogP contribution >= 0.6 is 22.6 Å². The summed E-state index contributed by atoms with van der Waals surface area (Å²) in [7, 11) is 1.46. The lowest BCUT2D eigenvalue weighted by molar-refractivity contribution is -0.122. The lowest BCUT2D eigenvalue weighted by Crippen LogP contribution is -2.54. The summed E-state index contributed by atoms with van der Waals surface area (Å²) >= 11 is 2.05. The van der Waals surface area contributed by atoms with Crippen molar-refractivity contribution in [2.24, 2.45) is 0 Å². The monoisotopic (exact) mass is 678 g/mol. The van der Waals surface area contributed by atoms with Gasteiger partial charge in [0.25, 0.3) is 11.8 Å². The molecule has 4 aromatic carbocycles. The van der Waals surface area contributed by atoms with E-state index >= 15 is 0 Å². The minimum atomic E-state index is -0.853. The van der Waals surface area contributed by atoms with E-state index in [9.17, 15) is 18.8 Å². The summed E-state index contributed by atoms with van der Waals surface area (Å²) in [6, 6.07) is 24.6. The number of carbonyl (C=O) groups excluding carboxylic acids is 3. The van der Waals surface area contributed by atoms with Crippen molar-refractivity contribution in [1.82, 2.24) is 5.32 Å². The number of nitrogens with zero attached hydrogens (tertiary/aromatic N) is 1. The summed E-state index contributed by atoms with van der Waals surface area (Å²) in [6.07, 6.45) is 1.38. The van der Waals surface area contributed by atoms with Crippen LogP contribution in [0.15, 0.2) is 96.6 Å². The van der Waals surface area contributed by atoms with Gasteiger partial charge in [0.15, 0.2) is 11.5 Å². The molecular formula is C32H24FIN2O6. The zero-order chi connectivity index (χ0) is 29.6. The van der Waals surface area contributed by atoms with Crippen LogP contribution in [0.25, 0.3) is 6.08 Å². The highest BCUT2D eigenvalue weighted by molar-refractivity contribution is 14.1. The molecule has 0 unspecified atom stereocenters. The number of halogens is 2. The van der Waals surface area contributed by atoms with Gasteiger partial charge < -0.3 is 14.2 Å². The molecule has 8 nitrogen and oxygen atoms in total. The minimum absolute atomic E-state index is 0.110. The number of carbonyl (C=O) groups is 3. The van der Waals surface area contributed by atoms with Crippen LogP contribution in [-0.4, -0.2) is 25.0 Å². The summed E-state index contributed by atoms with van der Waals surface area (Å²) in [5.74, 6) is -0.620. The molecular weight excluding hydrogens is 654 g/mol. The van der Waals surface area contributed by atoms with Crippen molar-refractivity contribution in [3.63, 3.8) is 0 Å². The van der Waals surface area contributed by atoms with Crippen LogP contribution in [0.2, 0.25) is 0 Å². The van der Waals surface area contributed by atoms with Gasteiger partial charge in [-0.3, -0.25) is 14.9 Å². The Kier molecular flexibility index (Phi) is 8.82. The fourth-order valence-corrected chi connectivity index (χ4v) is 5.02. The number of ether oxygens (including phenoxy) is 3. The van der Waals surface area contributed by atoms with E-state index < -0.39 is 17.8 Å². The maximum absolute atomic E-state index is 13.5. The van der Waals surface area contributed by atoms with Gasteiger partial charge in [0.1, 0.15) is 30.4 Å². The molecule has 0 spiro atoms. The van der Waals surface area contributed by atoms with Gasteiger partial charge in [-0.1, -0.05) is 42.5 Å². The van der Waals surface area contributed by atoms with E-state index in [1.54, 1.807) is 48.5 Å². The number of anilines is 1. The van der Waals surface area contributed by atoms with E-state index in [1.165, 1.54) is 25.3 Å². The van der Waals surface area contributed by atoms with Crippen LogP contribution < -0.4 is 24.4 Å². The van der Waals surface area contributed by atoms with Crippen molar-refractivity contribution in [2.45, 2.75) is 13.2 Å². The summed E-state index contributed by atoms with van der Waals surface area (Å²) < 4.78 is 31.4. The number of hydrogen-bond acceptors (Lipinski definition) is 6. The number of urea groups is 1. The first-order chi connectivity index (χ1) is 20.3. The quantitative estimate of drug-likeness (QED) is 0.128. The molecule has 1 N–H and O–H groups in total. The Balaban J connectivity index is 1.35. The van der Waals surface area contributed by atoms with Gasteiger partial charge in [0.2, 0.25) is 0 Å².